The van der Waals surface area contributed by atoms with Crippen molar-refractivity contribution in [2.24, 2.45) is 0 Å². The van der Waals surface area contributed by atoms with Crippen LogP contribution >= 0.6 is 0 Å². The fourth-order valence-corrected chi connectivity index (χ4v) is 2.16. The molecule has 1 aromatic carbocycles. The second kappa shape index (κ2) is 5.18. The predicted octanol–water partition coefficient (Wildman–Crippen LogP) is 2.64. The fourth-order valence-electron chi connectivity index (χ4n) is 2.16. The smallest absolute Gasteiger partial charge is 0.213 e. The fraction of sp³-hybridized carbons (Fsp3) is 0.267. The monoisotopic (exact) mass is 256 g/mol. The Hall–Kier alpha value is -2.23. The first-order chi connectivity index (χ1) is 9.35. The topological polar surface area (TPSA) is 43.4 Å². The molecule has 2 heterocycles. The van der Waals surface area contributed by atoms with E-state index in [1.807, 2.05) is 18.2 Å². The lowest BCUT2D eigenvalue weighted by molar-refractivity contribution is 0.357. The van der Waals surface area contributed by atoms with E-state index in [1.165, 1.54) is 11.1 Å². The van der Waals surface area contributed by atoms with Gasteiger partial charge in [-0.2, -0.15) is 0 Å². The molecule has 0 saturated carbocycles. The highest BCUT2D eigenvalue weighted by Crippen LogP contribution is 2.26. The van der Waals surface area contributed by atoms with Crippen LogP contribution in [0.4, 0.5) is 5.69 Å². The lowest BCUT2D eigenvalue weighted by Crippen LogP contribution is -2.00. The van der Waals surface area contributed by atoms with Crippen molar-refractivity contribution in [2.75, 3.05) is 19.0 Å². The Bertz CT molecular complexity index is 567. The number of hydrogen-bond donors (Lipinski definition) is 1. The predicted molar refractivity (Wildman–Crippen MR) is 73.8 cm³/mol. The van der Waals surface area contributed by atoms with Gasteiger partial charge in [0.05, 0.1) is 25.6 Å². The van der Waals surface area contributed by atoms with E-state index >= 15 is 0 Å². The average molecular weight is 256 g/mol. The van der Waals surface area contributed by atoms with Gasteiger partial charge in [0.2, 0.25) is 5.88 Å². The Balaban J connectivity index is 1.65. The van der Waals surface area contributed by atoms with E-state index in [4.69, 9.17) is 9.47 Å². The van der Waals surface area contributed by atoms with Gasteiger partial charge < -0.3 is 14.8 Å². The number of fused-ring (bicyclic) bond motifs is 1. The highest BCUT2D eigenvalue weighted by atomic mass is 16.5. The van der Waals surface area contributed by atoms with E-state index in [-0.39, 0.29) is 0 Å². The standard InChI is InChI=1S/C15H16N2O2/c1-18-15-5-3-13(10-17-15)16-9-11-2-4-14-12(8-11)6-7-19-14/h2-5,8,10,16H,6-7,9H2,1H3. The minimum Gasteiger partial charge on any atom is -0.493 e. The molecule has 0 bridgehead atoms. The molecule has 3 rings (SSSR count). The largest absolute Gasteiger partial charge is 0.493 e. The molecule has 2 aromatic rings. The van der Waals surface area contributed by atoms with Gasteiger partial charge in [-0.1, -0.05) is 12.1 Å². The van der Waals surface area contributed by atoms with Crippen molar-refractivity contribution >= 4 is 5.69 Å². The third-order valence-electron chi connectivity index (χ3n) is 3.20. The van der Waals surface area contributed by atoms with E-state index in [0.717, 1.165) is 31.0 Å². The van der Waals surface area contributed by atoms with E-state index in [9.17, 15) is 0 Å². The van der Waals surface area contributed by atoms with Crippen LogP contribution in [-0.2, 0) is 13.0 Å². The van der Waals surface area contributed by atoms with E-state index in [2.05, 4.69) is 22.4 Å². The normalized spacial score (nSPS) is 12.7. The number of nitrogens with zero attached hydrogens (tertiary/aromatic N) is 1. The summed E-state index contributed by atoms with van der Waals surface area (Å²) in [7, 11) is 1.61. The van der Waals surface area contributed by atoms with Crippen LogP contribution in [-0.4, -0.2) is 18.7 Å². The number of methoxy groups -OCH3 is 1. The van der Waals surface area contributed by atoms with Gasteiger partial charge in [-0.25, -0.2) is 4.98 Å². The Kier molecular flexibility index (Phi) is 3.23. The highest BCUT2D eigenvalue weighted by molar-refractivity contribution is 5.45. The summed E-state index contributed by atoms with van der Waals surface area (Å²) in [5.41, 5.74) is 3.53. The summed E-state index contributed by atoms with van der Waals surface area (Å²) in [5.74, 6) is 1.65. The van der Waals surface area contributed by atoms with Crippen LogP contribution in [0.2, 0.25) is 0 Å². The number of benzene rings is 1. The summed E-state index contributed by atoms with van der Waals surface area (Å²) in [6.07, 6.45) is 2.78. The van der Waals surface area contributed by atoms with Crippen LogP contribution < -0.4 is 14.8 Å². The van der Waals surface area contributed by atoms with Crippen LogP contribution in [0.3, 0.4) is 0 Å². The second-order valence-electron chi connectivity index (χ2n) is 4.48. The molecule has 4 heteroatoms. The van der Waals surface area contributed by atoms with Crippen molar-refractivity contribution < 1.29 is 9.47 Å². The Morgan fingerprint density at radius 1 is 1.32 bits per heavy atom. The molecule has 19 heavy (non-hydrogen) atoms. The van der Waals surface area contributed by atoms with Gasteiger partial charge >= 0.3 is 0 Å². The highest BCUT2D eigenvalue weighted by Gasteiger charge is 2.11. The molecular formula is C15H16N2O2. The summed E-state index contributed by atoms with van der Waals surface area (Å²) >= 11 is 0. The van der Waals surface area contributed by atoms with Crippen LogP contribution in [0.1, 0.15) is 11.1 Å². The van der Waals surface area contributed by atoms with Gasteiger partial charge in [0, 0.05) is 19.0 Å². The minimum absolute atomic E-state index is 0.625. The number of rotatable bonds is 4. The molecule has 0 aliphatic carbocycles. The van der Waals surface area contributed by atoms with Crippen LogP contribution in [0.5, 0.6) is 11.6 Å². The molecular weight excluding hydrogens is 240 g/mol. The van der Waals surface area contributed by atoms with Crippen molar-refractivity contribution in [3.05, 3.63) is 47.7 Å². The third-order valence-corrected chi connectivity index (χ3v) is 3.20. The van der Waals surface area contributed by atoms with Crippen molar-refractivity contribution in [3.8, 4) is 11.6 Å². The SMILES string of the molecule is COc1ccc(NCc2ccc3c(c2)CCO3)cn1. The minimum atomic E-state index is 0.625. The molecule has 1 aliphatic heterocycles. The maximum Gasteiger partial charge on any atom is 0.213 e. The maximum absolute atomic E-state index is 5.50. The summed E-state index contributed by atoms with van der Waals surface area (Å²) in [5, 5.41) is 3.34. The van der Waals surface area contributed by atoms with E-state index in [1.54, 1.807) is 13.3 Å². The lowest BCUT2D eigenvalue weighted by atomic mass is 10.1. The molecule has 98 valence electrons. The van der Waals surface area contributed by atoms with Crippen molar-refractivity contribution in [2.45, 2.75) is 13.0 Å². The second-order valence-corrected chi connectivity index (χ2v) is 4.48. The van der Waals surface area contributed by atoms with E-state index < -0.39 is 0 Å². The van der Waals surface area contributed by atoms with Crippen LogP contribution in [0, 0.1) is 0 Å². The summed E-state index contributed by atoms with van der Waals surface area (Å²) in [6.45, 7) is 1.58. The quantitative estimate of drug-likeness (QED) is 0.913. The molecule has 0 unspecified atom stereocenters. The molecule has 0 fully saturated rings. The zero-order valence-electron chi connectivity index (χ0n) is 10.8. The lowest BCUT2D eigenvalue weighted by Gasteiger charge is -2.08. The molecule has 0 atom stereocenters. The van der Waals surface area contributed by atoms with Crippen molar-refractivity contribution in [3.63, 3.8) is 0 Å². The number of aromatic nitrogens is 1. The first-order valence-corrected chi connectivity index (χ1v) is 6.34. The molecule has 1 N–H and O–H groups in total. The Labute approximate surface area is 112 Å². The van der Waals surface area contributed by atoms with Crippen LogP contribution in [0.25, 0.3) is 0 Å². The number of anilines is 1. The van der Waals surface area contributed by atoms with E-state index in [0.29, 0.717) is 5.88 Å². The van der Waals surface area contributed by atoms with Crippen molar-refractivity contribution in [1.82, 2.24) is 4.98 Å². The number of ether oxygens (including phenoxy) is 2. The summed E-state index contributed by atoms with van der Waals surface area (Å²) < 4.78 is 10.5. The van der Waals surface area contributed by atoms with Gasteiger partial charge in [-0.15, -0.1) is 0 Å². The Morgan fingerprint density at radius 3 is 3.05 bits per heavy atom. The Morgan fingerprint density at radius 2 is 2.26 bits per heavy atom. The van der Waals surface area contributed by atoms with Gasteiger partial charge in [0.25, 0.3) is 0 Å². The third kappa shape index (κ3) is 2.62. The molecule has 0 radical (unpaired) electrons. The number of hydrogen-bond acceptors (Lipinski definition) is 4. The first-order valence-electron chi connectivity index (χ1n) is 6.34. The van der Waals surface area contributed by atoms with Gasteiger partial charge in [-0.3, -0.25) is 0 Å². The molecule has 1 aliphatic rings. The summed E-state index contributed by atoms with van der Waals surface area (Å²) in [6, 6.07) is 10.1. The van der Waals surface area contributed by atoms with Crippen LogP contribution in [0.15, 0.2) is 36.5 Å². The summed E-state index contributed by atoms with van der Waals surface area (Å²) in [4.78, 5) is 4.16. The molecule has 0 amide bonds. The zero-order chi connectivity index (χ0) is 13.1. The number of pyridine rings is 1. The molecule has 4 nitrogen and oxygen atoms in total. The first kappa shape index (κ1) is 11.8. The molecule has 1 aromatic heterocycles. The maximum atomic E-state index is 5.50. The van der Waals surface area contributed by atoms with Gasteiger partial charge in [-0.05, 0) is 23.3 Å². The molecule has 0 saturated heterocycles. The zero-order valence-corrected chi connectivity index (χ0v) is 10.8. The van der Waals surface area contributed by atoms with Gasteiger partial charge in [0.1, 0.15) is 5.75 Å². The molecule has 0 spiro atoms. The average Bonchev–Trinajstić information content (AvgIpc) is 2.93. The number of nitrogens with one attached hydrogen (secondary N) is 1. The van der Waals surface area contributed by atoms with Gasteiger partial charge in [0.15, 0.2) is 0 Å². The van der Waals surface area contributed by atoms with Crippen molar-refractivity contribution in [1.29, 1.82) is 0 Å².